The minimum absolute atomic E-state index is 0.108. The van der Waals surface area contributed by atoms with E-state index in [1.807, 2.05) is 19.9 Å². The lowest BCUT2D eigenvalue weighted by atomic mass is 9.62. The molecule has 40 heavy (non-hydrogen) atoms. The molecule has 0 aliphatic carbocycles. The Morgan fingerprint density at radius 1 is 1.25 bits per heavy atom. The maximum Gasteiger partial charge on any atom is 0.312 e. The van der Waals surface area contributed by atoms with Gasteiger partial charge in [0.25, 0.3) is 5.91 Å². The Kier molecular flexibility index (Phi) is 8.75. The van der Waals surface area contributed by atoms with Crippen LogP contribution in [0.1, 0.15) is 46.5 Å². The number of esters is 1. The van der Waals surface area contributed by atoms with Crippen molar-refractivity contribution >= 4 is 23.5 Å². The van der Waals surface area contributed by atoms with Gasteiger partial charge >= 0.3 is 5.97 Å². The number of benzene rings is 1. The van der Waals surface area contributed by atoms with Gasteiger partial charge in [0, 0.05) is 12.2 Å². The van der Waals surface area contributed by atoms with Crippen molar-refractivity contribution < 1.29 is 33.7 Å². The zero-order chi connectivity index (χ0) is 29.2. The zero-order valence-electron chi connectivity index (χ0n) is 24.0. The highest BCUT2D eigenvalue weighted by Crippen LogP contribution is 2.65. The van der Waals surface area contributed by atoms with Crippen LogP contribution in [0.4, 0.5) is 5.69 Å². The summed E-state index contributed by atoms with van der Waals surface area (Å²) in [4.78, 5) is 45.3. The van der Waals surface area contributed by atoms with E-state index in [-0.39, 0.29) is 37.5 Å². The molecule has 2 bridgehead atoms. The van der Waals surface area contributed by atoms with Crippen LogP contribution in [0.25, 0.3) is 0 Å². The van der Waals surface area contributed by atoms with Crippen LogP contribution in [0.5, 0.6) is 5.75 Å². The van der Waals surface area contributed by atoms with Gasteiger partial charge in [-0.05, 0) is 69.7 Å². The number of anilines is 1. The van der Waals surface area contributed by atoms with Gasteiger partial charge in [-0.25, -0.2) is 0 Å². The fourth-order valence-electron chi connectivity index (χ4n) is 6.89. The molecule has 218 valence electrons. The average molecular weight is 555 g/mol. The molecule has 3 saturated heterocycles. The van der Waals surface area contributed by atoms with Gasteiger partial charge in [0.2, 0.25) is 5.91 Å². The fraction of sp³-hybridized carbons (Fsp3) is 0.581. The van der Waals surface area contributed by atoms with E-state index in [1.54, 1.807) is 49.3 Å². The van der Waals surface area contributed by atoms with Gasteiger partial charge in [0.05, 0.1) is 37.9 Å². The largest absolute Gasteiger partial charge is 0.497 e. The van der Waals surface area contributed by atoms with Gasteiger partial charge in [-0.15, -0.1) is 13.2 Å². The summed E-state index contributed by atoms with van der Waals surface area (Å²) >= 11 is 0. The van der Waals surface area contributed by atoms with Gasteiger partial charge in [-0.1, -0.05) is 19.1 Å². The lowest BCUT2D eigenvalue weighted by Gasteiger charge is -2.38. The highest BCUT2D eigenvalue weighted by molar-refractivity contribution is 6.05. The summed E-state index contributed by atoms with van der Waals surface area (Å²) in [5.41, 5.74) is -1.59. The van der Waals surface area contributed by atoms with E-state index >= 15 is 0 Å². The van der Waals surface area contributed by atoms with Crippen LogP contribution in [-0.2, 0) is 23.9 Å². The van der Waals surface area contributed by atoms with Crippen LogP contribution < -0.4 is 9.64 Å². The summed E-state index contributed by atoms with van der Waals surface area (Å²) < 4.78 is 17.7. The number of carbonyl (C=O) groups is 3. The van der Waals surface area contributed by atoms with Crippen molar-refractivity contribution in [2.24, 2.45) is 17.8 Å². The Hall–Kier alpha value is -3.17. The molecule has 3 aliphatic heterocycles. The van der Waals surface area contributed by atoms with E-state index in [9.17, 15) is 19.5 Å². The maximum atomic E-state index is 14.5. The Morgan fingerprint density at radius 3 is 2.55 bits per heavy atom. The monoisotopic (exact) mass is 554 g/mol. The zero-order valence-corrected chi connectivity index (χ0v) is 24.0. The molecule has 3 aliphatic rings. The van der Waals surface area contributed by atoms with Crippen molar-refractivity contribution in [3.63, 3.8) is 0 Å². The highest BCUT2D eigenvalue weighted by Gasteiger charge is 2.80. The molecule has 7 atom stereocenters. The topological polar surface area (TPSA) is 106 Å². The molecule has 1 N–H and O–H groups in total. The van der Waals surface area contributed by atoms with Crippen LogP contribution in [0.15, 0.2) is 49.6 Å². The molecule has 1 aromatic carbocycles. The van der Waals surface area contributed by atoms with E-state index in [1.165, 1.54) is 4.90 Å². The van der Waals surface area contributed by atoms with Crippen molar-refractivity contribution in [3.05, 3.63) is 49.6 Å². The van der Waals surface area contributed by atoms with Crippen molar-refractivity contribution in [1.82, 2.24) is 4.90 Å². The van der Waals surface area contributed by atoms with E-state index < -0.39 is 41.1 Å². The third-order valence-electron chi connectivity index (χ3n) is 8.99. The Labute approximate surface area is 236 Å². The first-order valence-corrected chi connectivity index (χ1v) is 14.1. The number of hydrogen-bond donors (Lipinski definition) is 1. The minimum Gasteiger partial charge on any atom is -0.497 e. The molecular weight excluding hydrogens is 512 g/mol. The second kappa shape index (κ2) is 11.7. The van der Waals surface area contributed by atoms with Crippen LogP contribution in [0.2, 0.25) is 0 Å². The number of carbonyl (C=O) groups excluding carboxylic acids is 3. The van der Waals surface area contributed by atoms with Crippen molar-refractivity contribution in [1.29, 1.82) is 0 Å². The number of rotatable bonds is 13. The second-order valence-corrected chi connectivity index (χ2v) is 11.4. The molecule has 9 heteroatoms. The van der Waals surface area contributed by atoms with E-state index in [2.05, 4.69) is 13.2 Å². The summed E-state index contributed by atoms with van der Waals surface area (Å²) in [6.07, 6.45) is 6.24. The van der Waals surface area contributed by atoms with Crippen LogP contribution in [0, 0.1) is 17.8 Å². The quantitative estimate of drug-likeness (QED) is 0.226. The van der Waals surface area contributed by atoms with E-state index in [0.717, 1.165) is 12.8 Å². The number of hydrogen-bond acceptors (Lipinski definition) is 7. The summed E-state index contributed by atoms with van der Waals surface area (Å²) in [5, 5.41) is 10.1. The molecule has 4 rings (SSSR count). The van der Waals surface area contributed by atoms with Crippen molar-refractivity contribution in [3.8, 4) is 5.75 Å². The van der Waals surface area contributed by atoms with Gasteiger partial charge in [0.1, 0.15) is 23.3 Å². The number of likely N-dealkylation sites (tertiary alicyclic amines) is 1. The fourth-order valence-corrected chi connectivity index (χ4v) is 6.89. The third-order valence-corrected chi connectivity index (χ3v) is 8.99. The van der Waals surface area contributed by atoms with Gasteiger partial charge in [-0.2, -0.15) is 0 Å². The molecule has 3 fully saturated rings. The smallest absolute Gasteiger partial charge is 0.312 e. The molecule has 1 aromatic rings. The Bertz CT molecular complexity index is 1140. The lowest BCUT2D eigenvalue weighted by Crippen LogP contribution is -2.58. The van der Waals surface area contributed by atoms with E-state index in [4.69, 9.17) is 14.2 Å². The second-order valence-electron chi connectivity index (χ2n) is 11.4. The number of nitrogens with zero attached hydrogens (tertiary/aromatic N) is 2. The SMILES string of the molecule is C=CCCCCOC(=O)[C@@H]1[C@H]2C(=O)N([C@H](C)CO)C(C(=O)N(CC=C)c3ccc(OC)cc3)C23CC(C)[C@@]1(C)O3. The summed E-state index contributed by atoms with van der Waals surface area (Å²) in [7, 11) is 1.57. The molecule has 0 aromatic heterocycles. The predicted molar refractivity (Wildman–Crippen MR) is 151 cm³/mol. The Morgan fingerprint density at radius 2 is 1.95 bits per heavy atom. The van der Waals surface area contributed by atoms with Crippen LogP contribution in [-0.4, -0.2) is 77.9 Å². The first-order valence-electron chi connectivity index (χ1n) is 14.1. The number of aliphatic hydroxyl groups excluding tert-OH is 1. The number of methoxy groups -OCH3 is 1. The number of amides is 2. The van der Waals surface area contributed by atoms with Crippen LogP contribution >= 0.6 is 0 Å². The normalized spacial score (nSPS) is 31.0. The molecule has 0 radical (unpaired) electrons. The first kappa shape index (κ1) is 29.8. The number of unbranched alkanes of at least 4 members (excludes halogenated alkanes) is 2. The minimum atomic E-state index is -1.23. The number of ether oxygens (including phenoxy) is 3. The Balaban J connectivity index is 1.74. The molecule has 9 nitrogen and oxygen atoms in total. The predicted octanol–water partition coefficient (Wildman–Crippen LogP) is 3.51. The lowest BCUT2D eigenvalue weighted by molar-refractivity contribution is -0.162. The van der Waals surface area contributed by atoms with Gasteiger partial charge < -0.3 is 29.1 Å². The standard InChI is InChI=1S/C31H42N2O7/c1-7-9-10-11-17-39-29(37)25-24-27(35)33(21(4)19-34)26(31(24)18-20(3)30(25,5)40-31)28(36)32(16-8-2)22-12-14-23(38-6)15-13-22/h7-8,12-15,20-21,24-26,34H,1-2,9-11,16-19H2,3-6H3/t20?,21-,24+,25+,26?,30-,31?/m1/s1. The summed E-state index contributed by atoms with van der Waals surface area (Å²) in [6.45, 7) is 13.2. The molecule has 1 spiro atoms. The van der Waals surface area contributed by atoms with Crippen LogP contribution in [0.3, 0.4) is 0 Å². The highest BCUT2D eigenvalue weighted by atomic mass is 16.6. The molecular formula is C31H42N2O7. The average Bonchev–Trinajstić information content (AvgIpc) is 3.47. The van der Waals surface area contributed by atoms with Crippen molar-refractivity contribution in [2.75, 3.05) is 31.8 Å². The van der Waals surface area contributed by atoms with Crippen molar-refractivity contribution in [2.45, 2.75) is 69.7 Å². The molecule has 3 unspecified atom stereocenters. The van der Waals surface area contributed by atoms with Gasteiger partial charge in [-0.3, -0.25) is 14.4 Å². The molecule has 3 heterocycles. The van der Waals surface area contributed by atoms with E-state index in [0.29, 0.717) is 24.3 Å². The first-order chi connectivity index (χ1) is 19.1. The molecule has 0 saturated carbocycles. The number of aliphatic hydroxyl groups is 1. The number of allylic oxidation sites excluding steroid dienone is 1. The van der Waals surface area contributed by atoms with Gasteiger partial charge in [0.15, 0.2) is 0 Å². The third kappa shape index (κ3) is 4.73. The summed E-state index contributed by atoms with van der Waals surface area (Å²) in [6, 6.07) is 5.36. The molecule has 2 amide bonds. The summed E-state index contributed by atoms with van der Waals surface area (Å²) in [5.74, 6) is -2.40. The maximum absolute atomic E-state index is 14.5. The number of fused-ring (bicyclic) bond motifs is 1.